The van der Waals surface area contributed by atoms with Gasteiger partial charge >= 0.3 is 11.9 Å². The molecule has 0 aliphatic rings. The summed E-state index contributed by atoms with van der Waals surface area (Å²) >= 11 is 0. The van der Waals surface area contributed by atoms with E-state index in [0.717, 1.165) is 0 Å². The minimum absolute atomic E-state index is 0.0712. The average molecular weight is 536 g/mol. The first-order valence-electron chi connectivity index (χ1n) is 11.6. The van der Waals surface area contributed by atoms with Crippen LogP contribution in [-0.4, -0.2) is 83.0 Å². The van der Waals surface area contributed by atoms with E-state index in [1.54, 1.807) is 30.3 Å². The molecule has 3 atom stereocenters. The number of guanidine groups is 1. The molecule has 1 aromatic rings. The first kappa shape index (κ1) is 31.3. The first-order chi connectivity index (χ1) is 17.9. The Morgan fingerprint density at radius 3 is 2.11 bits per heavy atom. The zero-order valence-corrected chi connectivity index (χ0v) is 20.8. The molecule has 0 spiro atoms. The van der Waals surface area contributed by atoms with Crippen molar-refractivity contribution in [2.75, 3.05) is 13.1 Å². The highest BCUT2D eigenvalue weighted by atomic mass is 16.4. The second-order valence-corrected chi connectivity index (χ2v) is 8.26. The number of carbonyl (C=O) groups excluding carboxylic acids is 4. The number of amides is 4. The SMILES string of the molecule is CC(=O)N[C@@H](CCCNC(=N)N)C(=O)NCC(=O)N[C@@H](CC(=O)O)C(=O)N[C@@H](Cc1ccccc1)C(=O)O. The van der Waals surface area contributed by atoms with Crippen molar-refractivity contribution in [2.45, 2.75) is 50.7 Å². The summed E-state index contributed by atoms with van der Waals surface area (Å²) in [6, 6.07) is 4.45. The lowest BCUT2D eigenvalue weighted by molar-refractivity contribution is -0.143. The lowest BCUT2D eigenvalue weighted by Crippen LogP contribution is -2.55. The van der Waals surface area contributed by atoms with Gasteiger partial charge in [0.05, 0.1) is 13.0 Å². The lowest BCUT2D eigenvalue weighted by atomic mass is 10.1. The maximum absolute atomic E-state index is 12.7. The second-order valence-electron chi connectivity index (χ2n) is 8.26. The van der Waals surface area contributed by atoms with E-state index >= 15 is 0 Å². The molecular weight excluding hydrogens is 502 g/mol. The molecule has 0 aliphatic carbocycles. The van der Waals surface area contributed by atoms with E-state index in [1.807, 2.05) is 0 Å². The summed E-state index contributed by atoms with van der Waals surface area (Å²) in [5, 5.41) is 37.4. The zero-order valence-electron chi connectivity index (χ0n) is 20.8. The van der Waals surface area contributed by atoms with E-state index in [0.29, 0.717) is 12.0 Å². The minimum atomic E-state index is -1.61. The maximum atomic E-state index is 12.7. The molecule has 208 valence electrons. The van der Waals surface area contributed by atoms with Gasteiger partial charge in [0.15, 0.2) is 5.96 Å². The predicted molar refractivity (Wildman–Crippen MR) is 134 cm³/mol. The van der Waals surface area contributed by atoms with Crippen LogP contribution in [0.5, 0.6) is 0 Å². The molecular formula is C23H33N7O8. The van der Waals surface area contributed by atoms with Crippen LogP contribution in [0.4, 0.5) is 0 Å². The van der Waals surface area contributed by atoms with E-state index < -0.39 is 66.7 Å². The quantitative estimate of drug-likeness (QED) is 0.0618. The standard InChI is InChI=1S/C23H33N7O8/c1-13(31)28-15(8-5-9-26-23(24)25)20(35)27-12-18(32)29-16(11-19(33)34)21(36)30-17(22(37)38)10-14-6-3-2-4-7-14/h2-4,6-7,15-17H,5,8-12H2,1H3,(H,27,35)(H,28,31)(H,29,32)(H,30,36)(H,33,34)(H,37,38)(H4,24,25,26)/t15-,16-,17-/m0/s1. The van der Waals surface area contributed by atoms with Crippen LogP contribution in [0.15, 0.2) is 30.3 Å². The molecule has 4 amide bonds. The van der Waals surface area contributed by atoms with Gasteiger partial charge in [-0.3, -0.25) is 29.4 Å². The molecule has 0 fully saturated rings. The molecule has 1 aromatic carbocycles. The van der Waals surface area contributed by atoms with Crippen molar-refractivity contribution in [2.24, 2.45) is 5.73 Å². The topological polar surface area (TPSA) is 253 Å². The number of nitrogens with two attached hydrogens (primary N) is 1. The van der Waals surface area contributed by atoms with Crippen LogP contribution in [0.1, 0.15) is 31.7 Å². The fourth-order valence-corrected chi connectivity index (χ4v) is 3.29. The molecule has 0 aliphatic heterocycles. The van der Waals surface area contributed by atoms with Gasteiger partial charge in [0.25, 0.3) is 0 Å². The fourth-order valence-electron chi connectivity index (χ4n) is 3.29. The highest BCUT2D eigenvalue weighted by Crippen LogP contribution is 2.05. The summed E-state index contributed by atoms with van der Waals surface area (Å²) in [6.45, 7) is 0.835. The number of hydrogen-bond acceptors (Lipinski definition) is 7. The number of carbonyl (C=O) groups is 6. The van der Waals surface area contributed by atoms with Gasteiger partial charge < -0.3 is 42.5 Å². The summed E-state index contributed by atoms with van der Waals surface area (Å²) in [5.74, 6) is -6.15. The van der Waals surface area contributed by atoms with Gasteiger partial charge in [-0.1, -0.05) is 30.3 Å². The van der Waals surface area contributed by atoms with E-state index in [2.05, 4.69) is 26.6 Å². The Morgan fingerprint density at radius 1 is 0.895 bits per heavy atom. The second kappa shape index (κ2) is 16.1. The predicted octanol–water partition coefficient (Wildman–Crippen LogP) is -2.36. The number of benzene rings is 1. The summed E-state index contributed by atoms with van der Waals surface area (Å²) in [6.07, 6.45) is -0.382. The van der Waals surface area contributed by atoms with Crippen LogP contribution in [0.3, 0.4) is 0 Å². The molecule has 0 saturated carbocycles. The van der Waals surface area contributed by atoms with Crippen molar-refractivity contribution in [3.63, 3.8) is 0 Å². The van der Waals surface area contributed by atoms with Crippen molar-refractivity contribution < 1.29 is 39.0 Å². The Balaban J connectivity index is 2.75. The molecule has 0 saturated heterocycles. The molecule has 15 nitrogen and oxygen atoms in total. The van der Waals surface area contributed by atoms with E-state index in [-0.39, 0.29) is 25.3 Å². The largest absolute Gasteiger partial charge is 0.481 e. The van der Waals surface area contributed by atoms with E-state index in [4.69, 9.17) is 16.2 Å². The smallest absolute Gasteiger partial charge is 0.326 e. The highest BCUT2D eigenvalue weighted by Gasteiger charge is 2.29. The van der Waals surface area contributed by atoms with Crippen LogP contribution < -0.4 is 32.3 Å². The molecule has 0 aromatic heterocycles. The Hall–Kier alpha value is -4.69. The third-order valence-corrected chi connectivity index (χ3v) is 5.03. The first-order valence-corrected chi connectivity index (χ1v) is 11.6. The minimum Gasteiger partial charge on any atom is -0.481 e. The molecule has 0 bridgehead atoms. The van der Waals surface area contributed by atoms with E-state index in [9.17, 15) is 33.9 Å². The number of rotatable bonds is 16. The summed E-state index contributed by atoms with van der Waals surface area (Å²) < 4.78 is 0. The summed E-state index contributed by atoms with van der Waals surface area (Å²) in [4.78, 5) is 71.8. The van der Waals surface area contributed by atoms with Gasteiger partial charge in [0.2, 0.25) is 23.6 Å². The van der Waals surface area contributed by atoms with Gasteiger partial charge in [-0.05, 0) is 18.4 Å². The van der Waals surface area contributed by atoms with Gasteiger partial charge in [-0.25, -0.2) is 4.79 Å². The Morgan fingerprint density at radius 2 is 1.55 bits per heavy atom. The van der Waals surface area contributed by atoms with Gasteiger partial charge in [0, 0.05) is 19.9 Å². The zero-order chi connectivity index (χ0) is 28.7. The Bertz CT molecular complexity index is 1020. The number of aliphatic carboxylic acids is 2. The molecule has 1 rings (SSSR count). The van der Waals surface area contributed by atoms with E-state index in [1.165, 1.54) is 6.92 Å². The van der Waals surface area contributed by atoms with Crippen LogP contribution in [0, 0.1) is 5.41 Å². The molecule has 0 radical (unpaired) electrons. The number of carboxylic acids is 2. The lowest BCUT2D eigenvalue weighted by Gasteiger charge is -2.21. The van der Waals surface area contributed by atoms with Crippen molar-refractivity contribution >= 4 is 41.5 Å². The van der Waals surface area contributed by atoms with Crippen LogP contribution in [0.2, 0.25) is 0 Å². The van der Waals surface area contributed by atoms with Crippen molar-refractivity contribution in [3.05, 3.63) is 35.9 Å². The van der Waals surface area contributed by atoms with Crippen molar-refractivity contribution in [1.29, 1.82) is 5.41 Å². The van der Waals surface area contributed by atoms with Crippen LogP contribution in [0.25, 0.3) is 0 Å². The number of nitrogens with one attached hydrogen (secondary N) is 6. The Labute approximate surface area is 218 Å². The number of carboxylic acid groups (broad SMARTS) is 2. The van der Waals surface area contributed by atoms with Crippen molar-refractivity contribution in [3.8, 4) is 0 Å². The Kier molecular flexibility index (Phi) is 13.3. The number of hydrogen-bond donors (Lipinski definition) is 9. The summed E-state index contributed by atoms with van der Waals surface area (Å²) in [7, 11) is 0. The maximum Gasteiger partial charge on any atom is 0.326 e. The van der Waals surface area contributed by atoms with Gasteiger partial charge in [0.1, 0.15) is 18.1 Å². The van der Waals surface area contributed by atoms with Gasteiger partial charge in [-0.15, -0.1) is 0 Å². The monoisotopic (exact) mass is 535 g/mol. The molecule has 0 unspecified atom stereocenters. The van der Waals surface area contributed by atoms with Crippen LogP contribution in [-0.2, 0) is 35.2 Å². The fraction of sp³-hybridized carbons (Fsp3) is 0.435. The summed E-state index contributed by atoms with van der Waals surface area (Å²) in [5.41, 5.74) is 5.80. The molecule has 0 heterocycles. The molecule has 15 heteroatoms. The highest BCUT2D eigenvalue weighted by molar-refractivity contribution is 5.94. The van der Waals surface area contributed by atoms with Gasteiger partial charge in [-0.2, -0.15) is 0 Å². The third kappa shape index (κ3) is 12.9. The van der Waals surface area contributed by atoms with Crippen LogP contribution >= 0.6 is 0 Å². The third-order valence-electron chi connectivity index (χ3n) is 5.03. The van der Waals surface area contributed by atoms with Crippen molar-refractivity contribution in [1.82, 2.24) is 26.6 Å². The molecule has 38 heavy (non-hydrogen) atoms. The normalized spacial score (nSPS) is 12.7. The molecule has 10 N–H and O–H groups in total. The average Bonchev–Trinajstić information content (AvgIpc) is 2.83.